The molecule has 92 valence electrons. The average molecular weight is 235 g/mol. The summed E-state index contributed by atoms with van der Waals surface area (Å²) in [5.74, 6) is 1.02. The van der Waals surface area contributed by atoms with Crippen molar-refractivity contribution in [3.05, 3.63) is 17.5 Å². The number of carbonyl (C=O) groups excluding carboxylic acids is 1. The molecule has 5 nitrogen and oxygen atoms in total. The second-order valence-electron chi connectivity index (χ2n) is 4.78. The van der Waals surface area contributed by atoms with Crippen molar-refractivity contribution < 1.29 is 9.32 Å². The summed E-state index contributed by atoms with van der Waals surface area (Å²) < 4.78 is 5.25. The van der Waals surface area contributed by atoms with Gasteiger partial charge in [0.25, 0.3) is 0 Å². The first-order valence-electron chi connectivity index (χ1n) is 6.25. The first kappa shape index (κ1) is 10.8. The lowest BCUT2D eigenvalue weighted by atomic mass is 10.1. The van der Waals surface area contributed by atoms with Gasteiger partial charge in [-0.05, 0) is 19.4 Å². The van der Waals surface area contributed by atoms with Crippen LogP contribution in [0.1, 0.15) is 31.2 Å². The normalized spacial score (nSPS) is 27.8. The SMILES string of the molecule is CCc1cc(CN2C(=O)C[C@H]3NCC[C@H]32)on1. The number of fused-ring (bicyclic) bond motifs is 1. The van der Waals surface area contributed by atoms with E-state index >= 15 is 0 Å². The van der Waals surface area contributed by atoms with Crippen LogP contribution in [0.5, 0.6) is 0 Å². The third-order valence-corrected chi connectivity index (χ3v) is 3.72. The van der Waals surface area contributed by atoms with Crippen molar-refractivity contribution in [2.24, 2.45) is 0 Å². The van der Waals surface area contributed by atoms with Crippen LogP contribution >= 0.6 is 0 Å². The van der Waals surface area contributed by atoms with Gasteiger partial charge in [0.15, 0.2) is 5.76 Å². The van der Waals surface area contributed by atoms with Gasteiger partial charge >= 0.3 is 0 Å². The molecule has 2 saturated heterocycles. The van der Waals surface area contributed by atoms with Crippen molar-refractivity contribution >= 4 is 5.91 Å². The summed E-state index contributed by atoms with van der Waals surface area (Å²) in [5.41, 5.74) is 0.952. The van der Waals surface area contributed by atoms with Crippen LogP contribution in [0, 0.1) is 0 Å². The zero-order valence-electron chi connectivity index (χ0n) is 9.98. The van der Waals surface area contributed by atoms with Crippen LogP contribution in [0.25, 0.3) is 0 Å². The summed E-state index contributed by atoms with van der Waals surface area (Å²) >= 11 is 0. The molecular weight excluding hydrogens is 218 g/mol. The maximum atomic E-state index is 11.9. The highest BCUT2D eigenvalue weighted by atomic mass is 16.5. The number of likely N-dealkylation sites (tertiary alicyclic amines) is 1. The Balaban J connectivity index is 1.73. The summed E-state index contributed by atoms with van der Waals surface area (Å²) in [5, 5.41) is 7.33. The summed E-state index contributed by atoms with van der Waals surface area (Å²) in [6.07, 6.45) is 2.54. The molecule has 1 aromatic rings. The van der Waals surface area contributed by atoms with E-state index in [1.807, 2.05) is 17.9 Å². The van der Waals surface area contributed by atoms with Gasteiger partial charge in [0, 0.05) is 24.6 Å². The smallest absolute Gasteiger partial charge is 0.224 e. The molecule has 2 atom stereocenters. The van der Waals surface area contributed by atoms with Gasteiger partial charge in [-0.2, -0.15) is 0 Å². The van der Waals surface area contributed by atoms with E-state index in [0.29, 0.717) is 25.0 Å². The number of hydrogen-bond acceptors (Lipinski definition) is 4. The van der Waals surface area contributed by atoms with Crippen molar-refractivity contribution in [3.8, 4) is 0 Å². The molecule has 1 amide bonds. The number of nitrogens with one attached hydrogen (secondary N) is 1. The van der Waals surface area contributed by atoms with Crippen LogP contribution in [0.4, 0.5) is 0 Å². The minimum absolute atomic E-state index is 0.224. The molecule has 2 fully saturated rings. The Kier molecular flexibility index (Phi) is 2.63. The Morgan fingerprint density at radius 1 is 1.65 bits per heavy atom. The van der Waals surface area contributed by atoms with Crippen LogP contribution in [-0.4, -0.2) is 34.6 Å². The summed E-state index contributed by atoms with van der Waals surface area (Å²) in [7, 11) is 0. The predicted molar refractivity (Wildman–Crippen MR) is 61.2 cm³/mol. The fraction of sp³-hybridized carbons (Fsp3) is 0.667. The van der Waals surface area contributed by atoms with E-state index in [-0.39, 0.29) is 5.91 Å². The van der Waals surface area contributed by atoms with E-state index in [4.69, 9.17) is 4.52 Å². The maximum Gasteiger partial charge on any atom is 0.224 e. The zero-order chi connectivity index (χ0) is 11.8. The first-order valence-corrected chi connectivity index (χ1v) is 6.25. The second kappa shape index (κ2) is 4.14. The Morgan fingerprint density at radius 2 is 2.53 bits per heavy atom. The van der Waals surface area contributed by atoms with Crippen molar-refractivity contribution in [1.82, 2.24) is 15.4 Å². The fourth-order valence-corrected chi connectivity index (χ4v) is 2.80. The first-order chi connectivity index (χ1) is 8.28. The summed E-state index contributed by atoms with van der Waals surface area (Å²) in [6.45, 7) is 3.62. The molecule has 2 aliphatic rings. The van der Waals surface area contributed by atoms with Crippen LogP contribution in [0.15, 0.2) is 10.6 Å². The Hall–Kier alpha value is -1.36. The standard InChI is InChI=1S/C12H17N3O2/c1-2-8-5-9(17-14-8)7-15-11-3-4-13-10(11)6-12(15)16/h5,10-11,13H,2-4,6-7H2,1H3/t10-,11-/m1/s1. The van der Waals surface area contributed by atoms with E-state index < -0.39 is 0 Å². The molecule has 0 aromatic carbocycles. The van der Waals surface area contributed by atoms with Gasteiger partial charge in [0.1, 0.15) is 0 Å². The molecule has 0 aliphatic carbocycles. The fourth-order valence-electron chi connectivity index (χ4n) is 2.80. The highest BCUT2D eigenvalue weighted by Gasteiger charge is 2.42. The third-order valence-electron chi connectivity index (χ3n) is 3.72. The number of amides is 1. The number of carbonyl (C=O) groups is 1. The maximum absolute atomic E-state index is 11.9. The minimum atomic E-state index is 0.224. The molecule has 0 radical (unpaired) electrons. The van der Waals surface area contributed by atoms with Gasteiger partial charge in [-0.1, -0.05) is 12.1 Å². The number of aromatic nitrogens is 1. The molecule has 0 saturated carbocycles. The van der Waals surface area contributed by atoms with E-state index in [1.54, 1.807) is 0 Å². The van der Waals surface area contributed by atoms with Gasteiger partial charge in [-0.15, -0.1) is 0 Å². The number of hydrogen-bond donors (Lipinski definition) is 1. The Labute approximate surface area is 100 Å². The summed E-state index contributed by atoms with van der Waals surface area (Å²) in [4.78, 5) is 13.8. The number of aryl methyl sites for hydroxylation is 1. The third kappa shape index (κ3) is 1.84. The number of rotatable bonds is 3. The van der Waals surface area contributed by atoms with Crippen LogP contribution in [-0.2, 0) is 17.8 Å². The quantitative estimate of drug-likeness (QED) is 0.838. The molecule has 0 spiro atoms. The highest BCUT2D eigenvalue weighted by molar-refractivity contribution is 5.80. The van der Waals surface area contributed by atoms with Gasteiger partial charge < -0.3 is 14.7 Å². The van der Waals surface area contributed by atoms with Gasteiger partial charge in [-0.25, -0.2) is 0 Å². The Morgan fingerprint density at radius 3 is 3.29 bits per heavy atom. The van der Waals surface area contributed by atoms with Crippen molar-refractivity contribution in [2.75, 3.05) is 6.54 Å². The highest BCUT2D eigenvalue weighted by Crippen LogP contribution is 2.27. The molecule has 3 heterocycles. The van der Waals surface area contributed by atoms with Gasteiger partial charge in [0.2, 0.25) is 5.91 Å². The molecule has 1 N–H and O–H groups in total. The largest absolute Gasteiger partial charge is 0.359 e. The van der Waals surface area contributed by atoms with Crippen molar-refractivity contribution in [1.29, 1.82) is 0 Å². The van der Waals surface area contributed by atoms with Gasteiger partial charge in [0.05, 0.1) is 12.2 Å². The molecule has 3 rings (SSSR count). The second-order valence-corrected chi connectivity index (χ2v) is 4.78. The molecule has 2 aliphatic heterocycles. The lowest BCUT2D eigenvalue weighted by Crippen LogP contribution is -2.35. The molecular formula is C12H17N3O2. The molecule has 17 heavy (non-hydrogen) atoms. The lowest BCUT2D eigenvalue weighted by molar-refractivity contribution is -0.129. The van der Waals surface area contributed by atoms with Crippen LogP contribution in [0.2, 0.25) is 0 Å². The van der Waals surface area contributed by atoms with Crippen LogP contribution < -0.4 is 5.32 Å². The molecule has 1 aromatic heterocycles. The van der Waals surface area contributed by atoms with Crippen LogP contribution in [0.3, 0.4) is 0 Å². The monoisotopic (exact) mass is 235 g/mol. The average Bonchev–Trinajstić information content (AvgIpc) is 2.98. The minimum Gasteiger partial charge on any atom is -0.359 e. The lowest BCUT2D eigenvalue weighted by Gasteiger charge is -2.21. The Bertz CT molecular complexity index is 429. The van der Waals surface area contributed by atoms with Crippen molar-refractivity contribution in [3.63, 3.8) is 0 Å². The van der Waals surface area contributed by atoms with E-state index in [0.717, 1.165) is 30.8 Å². The predicted octanol–water partition coefficient (Wildman–Crippen LogP) is 0.700. The number of nitrogens with zero attached hydrogens (tertiary/aromatic N) is 2. The van der Waals surface area contributed by atoms with E-state index in [9.17, 15) is 4.79 Å². The molecule has 0 unspecified atom stereocenters. The van der Waals surface area contributed by atoms with E-state index in [1.165, 1.54) is 0 Å². The van der Waals surface area contributed by atoms with E-state index in [2.05, 4.69) is 10.5 Å². The molecule has 0 bridgehead atoms. The van der Waals surface area contributed by atoms with Crippen molar-refractivity contribution in [2.45, 2.75) is 44.8 Å². The van der Waals surface area contributed by atoms with Gasteiger partial charge in [-0.3, -0.25) is 4.79 Å². The molecule has 5 heteroatoms. The zero-order valence-corrected chi connectivity index (χ0v) is 9.98. The topological polar surface area (TPSA) is 58.4 Å². The summed E-state index contributed by atoms with van der Waals surface area (Å²) in [6, 6.07) is 2.64.